The number of amidine groups is 1. The van der Waals surface area contributed by atoms with Gasteiger partial charge < -0.3 is 15.2 Å². The topological polar surface area (TPSA) is 99.7 Å². The van der Waals surface area contributed by atoms with Gasteiger partial charge in [0.15, 0.2) is 11.3 Å². The minimum atomic E-state index is -3.00. The van der Waals surface area contributed by atoms with E-state index in [2.05, 4.69) is 15.0 Å². The second-order valence-corrected chi connectivity index (χ2v) is 7.34. The van der Waals surface area contributed by atoms with Gasteiger partial charge in [-0.15, -0.1) is 0 Å². The second kappa shape index (κ2) is 7.26. The first kappa shape index (κ1) is 20.1. The first-order valence-corrected chi connectivity index (χ1v) is 9.26. The Labute approximate surface area is 170 Å². The van der Waals surface area contributed by atoms with Gasteiger partial charge in [0.25, 0.3) is 12.4 Å². The second-order valence-electron chi connectivity index (χ2n) is 7.34. The van der Waals surface area contributed by atoms with Crippen molar-refractivity contribution in [3.05, 3.63) is 52.7 Å². The Morgan fingerprint density at radius 2 is 2.20 bits per heavy atom. The monoisotopic (exact) mass is 420 g/mol. The number of carbonyl (C=O) groups is 1. The highest BCUT2D eigenvalue weighted by atomic mass is 19.3. The number of aryl methyl sites for hydroxylation is 1. The summed E-state index contributed by atoms with van der Waals surface area (Å²) in [5.74, 6) is -1.64. The number of benzene rings is 1. The summed E-state index contributed by atoms with van der Waals surface area (Å²) in [5.41, 5.74) is 4.00. The number of alkyl halides is 2. The maximum Gasteiger partial charge on any atom is 0.283 e. The van der Waals surface area contributed by atoms with Crippen LogP contribution < -0.4 is 10.5 Å². The Balaban J connectivity index is 1.69. The molecule has 1 aromatic heterocycles. The van der Waals surface area contributed by atoms with E-state index in [0.717, 1.165) is 6.07 Å². The molecule has 7 nitrogen and oxygen atoms in total. The third-order valence-electron chi connectivity index (χ3n) is 5.42. The molecule has 1 aromatic carbocycles. The van der Waals surface area contributed by atoms with Gasteiger partial charge in [-0.25, -0.2) is 28.1 Å². The fourth-order valence-corrected chi connectivity index (χ4v) is 3.89. The summed E-state index contributed by atoms with van der Waals surface area (Å²) < 4.78 is 53.2. The van der Waals surface area contributed by atoms with Gasteiger partial charge in [-0.05, 0) is 31.0 Å². The van der Waals surface area contributed by atoms with Crippen LogP contribution in [0.15, 0.2) is 29.4 Å². The molecule has 0 radical (unpaired) electrons. The lowest BCUT2D eigenvalue weighted by atomic mass is 9.83. The molecule has 10 heteroatoms. The van der Waals surface area contributed by atoms with Crippen LogP contribution in [0.1, 0.15) is 33.7 Å². The molecule has 2 N–H and O–H groups in total. The summed E-state index contributed by atoms with van der Waals surface area (Å²) in [6.07, 6.45) is -2.06. The van der Waals surface area contributed by atoms with Gasteiger partial charge in [0, 0.05) is 17.9 Å². The highest BCUT2D eigenvalue weighted by Crippen LogP contribution is 2.56. The smallest absolute Gasteiger partial charge is 0.283 e. The highest BCUT2D eigenvalue weighted by Gasteiger charge is 2.64. The van der Waals surface area contributed by atoms with Crippen molar-refractivity contribution in [2.24, 2.45) is 16.6 Å². The summed E-state index contributed by atoms with van der Waals surface area (Å²) in [4.78, 5) is 24.7. The first-order chi connectivity index (χ1) is 14.3. The van der Waals surface area contributed by atoms with Crippen LogP contribution in [0.4, 0.5) is 13.2 Å². The number of hydrogen-bond acceptors (Lipinski definition) is 7. The lowest BCUT2D eigenvalue weighted by Crippen LogP contribution is -2.43. The van der Waals surface area contributed by atoms with Crippen molar-refractivity contribution >= 4 is 11.8 Å². The lowest BCUT2D eigenvalue weighted by molar-refractivity contribution is 0.0176. The Morgan fingerprint density at radius 3 is 2.87 bits per heavy atom. The molecule has 4 rings (SSSR count). The molecule has 0 unspecified atom stereocenters. The van der Waals surface area contributed by atoms with Crippen molar-refractivity contribution in [3.63, 3.8) is 0 Å². The molecule has 0 amide bonds. The van der Waals surface area contributed by atoms with Crippen LogP contribution in [0.2, 0.25) is 0 Å². The molecule has 2 aromatic rings. The van der Waals surface area contributed by atoms with Gasteiger partial charge in [-0.3, -0.25) is 4.79 Å². The third kappa shape index (κ3) is 3.25. The van der Waals surface area contributed by atoms with E-state index in [-0.39, 0.29) is 35.4 Å². The fourth-order valence-electron chi connectivity index (χ4n) is 3.89. The SMILES string of the molecule is COc1cnc(C(=O)Cc2ccc(F)c([C@]3(C(F)F)N=C(N)O[C@H]4C[C@H]43)c2)c(C)n1. The van der Waals surface area contributed by atoms with Gasteiger partial charge in [0.05, 0.1) is 19.0 Å². The maximum atomic E-state index is 14.7. The minimum Gasteiger partial charge on any atom is -0.480 e. The molecule has 1 saturated carbocycles. The quantitative estimate of drug-likeness (QED) is 0.721. The molecule has 1 fully saturated rings. The predicted octanol–water partition coefficient (Wildman–Crippen LogP) is 2.55. The van der Waals surface area contributed by atoms with Crippen LogP contribution in [-0.2, 0) is 16.7 Å². The summed E-state index contributed by atoms with van der Waals surface area (Å²) >= 11 is 0. The van der Waals surface area contributed by atoms with Crippen molar-refractivity contribution in [2.45, 2.75) is 37.8 Å². The Morgan fingerprint density at radius 1 is 1.43 bits per heavy atom. The van der Waals surface area contributed by atoms with E-state index in [1.807, 2.05) is 0 Å². The van der Waals surface area contributed by atoms with E-state index in [1.54, 1.807) is 6.92 Å². The average Bonchev–Trinajstić information content (AvgIpc) is 3.48. The van der Waals surface area contributed by atoms with E-state index in [0.29, 0.717) is 17.7 Å². The number of nitrogens with two attached hydrogens (primary N) is 1. The van der Waals surface area contributed by atoms with E-state index < -0.39 is 29.8 Å². The largest absolute Gasteiger partial charge is 0.480 e. The molecule has 2 aliphatic rings. The Kier molecular flexibility index (Phi) is 4.87. The van der Waals surface area contributed by atoms with Crippen LogP contribution >= 0.6 is 0 Å². The molecule has 30 heavy (non-hydrogen) atoms. The van der Waals surface area contributed by atoms with E-state index in [1.165, 1.54) is 25.4 Å². The fraction of sp³-hybridized carbons (Fsp3) is 0.400. The number of fused-ring (bicyclic) bond motifs is 1. The molecular formula is C20H19F3N4O3. The van der Waals surface area contributed by atoms with E-state index >= 15 is 0 Å². The number of nitrogens with zero attached hydrogens (tertiary/aromatic N) is 3. The summed E-state index contributed by atoms with van der Waals surface area (Å²) in [6, 6.07) is 3.30. The van der Waals surface area contributed by atoms with Crippen LogP contribution in [-0.4, -0.2) is 41.4 Å². The standard InChI is InChI=1S/C20H19F3N4O3/c1-9-17(25-8-16(26-9)29-2)14(28)6-10-3-4-13(21)11(5-10)20(18(22)23)12-7-15(12)30-19(24)27-20/h3-5,8,12,15,18H,6-7H2,1-2H3,(H2,24,27)/t12-,15+,20+/m1/s1. The van der Waals surface area contributed by atoms with Crippen molar-refractivity contribution < 1.29 is 27.4 Å². The number of rotatable bonds is 6. The van der Waals surface area contributed by atoms with Crippen molar-refractivity contribution in [1.82, 2.24) is 9.97 Å². The van der Waals surface area contributed by atoms with Crippen molar-refractivity contribution in [2.75, 3.05) is 7.11 Å². The summed E-state index contributed by atoms with van der Waals surface area (Å²) in [7, 11) is 1.43. The average molecular weight is 420 g/mol. The number of ketones is 1. The third-order valence-corrected chi connectivity index (χ3v) is 5.42. The Bertz CT molecular complexity index is 1050. The van der Waals surface area contributed by atoms with Crippen molar-refractivity contribution in [1.29, 1.82) is 0 Å². The van der Waals surface area contributed by atoms with Gasteiger partial charge in [0.1, 0.15) is 17.6 Å². The molecular weight excluding hydrogens is 401 g/mol. The molecule has 0 spiro atoms. The van der Waals surface area contributed by atoms with Gasteiger partial charge in [0.2, 0.25) is 5.88 Å². The normalized spacial score (nSPS) is 24.7. The Hall–Kier alpha value is -3.17. The number of carbonyl (C=O) groups excluding carboxylic acids is 1. The number of methoxy groups -OCH3 is 1. The molecule has 1 aliphatic carbocycles. The van der Waals surface area contributed by atoms with E-state index in [9.17, 15) is 18.0 Å². The van der Waals surface area contributed by atoms with Crippen LogP contribution in [0, 0.1) is 18.7 Å². The molecule has 0 bridgehead atoms. The van der Waals surface area contributed by atoms with Crippen molar-refractivity contribution in [3.8, 4) is 5.88 Å². The number of hydrogen-bond donors (Lipinski definition) is 1. The predicted molar refractivity (Wildman–Crippen MR) is 100 cm³/mol. The number of halogens is 3. The molecule has 0 saturated heterocycles. The number of aromatic nitrogens is 2. The zero-order valence-electron chi connectivity index (χ0n) is 16.2. The number of aliphatic imine (C=N–C) groups is 1. The number of Topliss-reactive ketones (excluding diaryl/α,β-unsaturated/α-hetero) is 1. The van der Waals surface area contributed by atoms with Crippen LogP contribution in [0.5, 0.6) is 5.88 Å². The van der Waals surface area contributed by atoms with Gasteiger partial charge >= 0.3 is 0 Å². The zero-order chi connectivity index (χ0) is 21.6. The first-order valence-electron chi connectivity index (χ1n) is 9.26. The molecule has 1 aliphatic heterocycles. The zero-order valence-corrected chi connectivity index (χ0v) is 16.2. The maximum absolute atomic E-state index is 14.7. The van der Waals surface area contributed by atoms with Gasteiger partial charge in [-0.1, -0.05) is 6.07 Å². The van der Waals surface area contributed by atoms with Gasteiger partial charge in [-0.2, -0.15) is 0 Å². The molecule has 3 atom stereocenters. The molecule has 2 heterocycles. The summed E-state index contributed by atoms with van der Waals surface area (Å²) in [5, 5.41) is 0. The minimum absolute atomic E-state index is 0.126. The number of ether oxygens (including phenoxy) is 2. The molecule has 158 valence electrons. The van der Waals surface area contributed by atoms with Crippen LogP contribution in [0.25, 0.3) is 0 Å². The highest BCUT2D eigenvalue weighted by molar-refractivity contribution is 5.96. The van der Waals surface area contributed by atoms with E-state index in [4.69, 9.17) is 15.2 Å². The van der Waals surface area contributed by atoms with Crippen LogP contribution in [0.3, 0.4) is 0 Å². The summed E-state index contributed by atoms with van der Waals surface area (Å²) in [6.45, 7) is 1.61. The lowest BCUT2D eigenvalue weighted by Gasteiger charge is -2.33.